The summed E-state index contributed by atoms with van der Waals surface area (Å²) in [7, 11) is 0. The van der Waals surface area contributed by atoms with Crippen LogP contribution < -0.4 is 5.32 Å². The second kappa shape index (κ2) is 5.19. The fourth-order valence-electron chi connectivity index (χ4n) is 1.97. The topological polar surface area (TPSA) is 32.3 Å². The molecule has 90 valence electrons. The molecule has 2 aromatic rings. The van der Waals surface area contributed by atoms with Crippen molar-refractivity contribution in [2.45, 2.75) is 19.9 Å². The Kier molecular flexibility index (Phi) is 3.64. The van der Waals surface area contributed by atoms with E-state index in [1.54, 1.807) is 0 Å². The number of anilines is 1. The summed E-state index contributed by atoms with van der Waals surface area (Å²) in [4.78, 5) is 0. The van der Waals surface area contributed by atoms with E-state index in [1.807, 2.05) is 18.2 Å². The predicted octanol–water partition coefficient (Wildman–Crippen LogP) is 3.27. The quantitative estimate of drug-likeness (QED) is 0.843. The molecule has 0 saturated carbocycles. The molecule has 0 aliphatic heterocycles. The van der Waals surface area contributed by atoms with Crippen LogP contribution in [-0.4, -0.2) is 17.8 Å². The Morgan fingerprint density at radius 3 is 2.47 bits per heavy atom. The Hall–Kier alpha value is -1.54. The maximum atomic E-state index is 9.37. The number of aliphatic hydroxyl groups excluding tert-OH is 1. The monoisotopic (exact) mass is 229 g/mol. The lowest BCUT2D eigenvalue weighted by atomic mass is 10.0. The van der Waals surface area contributed by atoms with Crippen LogP contribution >= 0.6 is 0 Å². The Bertz CT molecular complexity index is 488. The van der Waals surface area contributed by atoms with E-state index < -0.39 is 0 Å². The number of nitrogens with one attached hydrogen (secondary N) is 1. The van der Waals surface area contributed by atoms with Crippen LogP contribution in [0.15, 0.2) is 42.5 Å². The molecule has 2 rings (SSSR count). The summed E-state index contributed by atoms with van der Waals surface area (Å²) in [5, 5.41) is 15.2. The van der Waals surface area contributed by atoms with Crippen LogP contribution in [0.3, 0.4) is 0 Å². The molecule has 2 nitrogen and oxygen atoms in total. The lowest BCUT2D eigenvalue weighted by molar-refractivity contribution is 0.249. The summed E-state index contributed by atoms with van der Waals surface area (Å²) in [5.41, 5.74) is 1.09. The highest BCUT2D eigenvalue weighted by atomic mass is 16.3. The maximum absolute atomic E-state index is 9.37. The number of fused-ring (bicyclic) bond motifs is 1. The van der Waals surface area contributed by atoms with Crippen LogP contribution in [0.4, 0.5) is 5.69 Å². The van der Waals surface area contributed by atoms with Crippen LogP contribution in [0.25, 0.3) is 10.8 Å². The Morgan fingerprint density at radius 1 is 1.06 bits per heavy atom. The van der Waals surface area contributed by atoms with Crippen molar-refractivity contribution in [2.24, 2.45) is 5.92 Å². The molecule has 0 aliphatic carbocycles. The van der Waals surface area contributed by atoms with Crippen LogP contribution in [0, 0.1) is 5.92 Å². The van der Waals surface area contributed by atoms with Crippen LogP contribution in [-0.2, 0) is 0 Å². The van der Waals surface area contributed by atoms with E-state index in [1.165, 1.54) is 10.8 Å². The van der Waals surface area contributed by atoms with Gasteiger partial charge in [0, 0.05) is 11.1 Å². The number of hydrogen-bond donors (Lipinski definition) is 2. The molecule has 0 aliphatic rings. The molecular formula is C15H19NO. The highest BCUT2D eigenvalue weighted by Gasteiger charge is 2.12. The minimum absolute atomic E-state index is 0.0980. The van der Waals surface area contributed by atoms with Gasteiger partial charge in [0.05, 0.1) is 12.6 Å². The van der Waals surface area contributed by atoms with E-state index in [4.69, 9.17) is 0 Å². The summed E-state index contributed by atoms with van der Waals surface area (Å²) in [6, 6.07) is 14.6. The first-order valence-electron chi connectivity index (χ1n) is 6.07. The first-order valence-corrected chi connectivity index (χ1v) is 6.07. The molecule has 0 radical (unpaired) electrons. The zero-order valence-corrected chi connectivity index (χ0v) is 10.4. The second-order valence-electron chi connectivity index (χ2n) is 4.70. The zero-order chi connectivity index (χ0) is 12.3. The predicted molar refractivity (Wildman–Crippen MR) is 73.3 cm³/mol. The van der Waals surface area contributed by atoms with Gasteiger partial charge in [-0.1, -0.05) is 50.2 Å². The van der Waals surface area contributed by atoms with Crippen molar-refractivity contribution >= 4 is 16.5 Å². The van der Waals surface area contributed by atoms with Crippen molar-refractivity contribution in [3.8, 4) is 0 Å². The van der Waals surface area contributed by atoms with E-state index in [0.29, 0.717) is 5.92 Å². The largest absolute Gasteiger partial charge is 0.394 e. The van der Waals surface area contributed by atoms with Crippen LogP contribution in [0.5, 0.6) is 0 Å². The molecule has 0 aromatic heterocycles. The van der Waals surface area contributed by atoms with E-state index in [2.05, 4.69) is 43.4 Å². The summed E-state index contributed by atoms with van der Waals surface area (Å²) in [5.74, 6) is 0.402. The SMILES string of the molecule is CC(C)C(CO)Nc1cccc2ccccc12. The summed E-state index contributed by atoms with van der Waals surface area (Å²) in [6.45, 7) is 4.37. The standard InChI is InChI=1S/C15H19NO/c1-11(2)15(10-17)16-14-9-5-7-12-6-3-4-8-13(12)14/h3-9,11,15-17H,10H2,1-2H3. The van der Waals surface area contributed by atoms with E-state index >= 15 is 0 Å². The Balaban J connectivity index is 2.35. The lowest BCUT2D eigenvalue weighted by Crippen LogP contribution is -2.29. The molecule has 0 fully saturated rings. The second-order valence-corrected chi connectivity index (χ2v) is 4.70. The van der Waals surface area contributed by atoms with Crippen molar-refractivity contribution in [2.75, 3.05) is 11.9 Å². The van der Waals surface area contributed by atoms with Crippen molar-refractivity contribution < 1.29 is 5.11 Å². The molecule has 1 unspecified atom stereocenters. The first kappa shape index (κ1) is 11.9. The third kappa shape index (κ3) is 2.59. The Labute approximate surface area is 102 Å². The van der Waals surface area contributed by atoms with Crippen molar-refractivity contribution in [1.82, 2.24) is 0 Å². The van der Waals surface area contributed by atoms with Gasteiger partial charge in [-0.2, -0.15) is 0 Å². The fourth-order valence-corrected chi connectivity index (χ4v) is 1.97. The number of benzene rings is 2. The average molecular weight is 229 g/mol. The van der Waals surface area contributed by atoms with Gasteiger partial charge in [0.25, 0.3) is 0 Å². The van der Waals surface area contributed by atoms with Gasteiger partial charge in [-0.15, -0.1) is 0 Å². The average Bonchev–Trinajstić information content (AvgIpc) is 2.35. The van der Waals surface area contributed by atoms with Gasteiger partial charge in [-0.25, -0.2) is 0 Å². The molecule has 0 spiro atoms. The van der Waals surface area contributed by atoms with E-state index in [0.717, 1.165) is 5.69 Å². The number of aliphatic hydroxyl groups is 1. The van der Waals surface area contributed by atoms with Crippen LogP contribution in [0.2, 0.25) is 0 Å². The molecule has 17 heavy (non-hydrogen) atoms. The molecule has 1 atom stereocenters. The number of hydrogen-bond acceptors (Lipinski definition) is 2. The normalized spacial score (nSPS) is 12.9. The summed E-state index contributed by atoms with van der Waals surface area (Å²) >= 11 is 0. The van der Waals surface area contributed by atoms with Crippen molar-refractivity contribution in [3.63, 3.8) is 0 Å². The highest BCUT2D eigenvalue weighted by Crippen LogP contribution is 2.24. The first-order chi connectivity index (χ1) is 8.22. The Morgan fingerprint density at radius 2 is 1.76 bits per heavy atom. The molecule has 2 N–H and O–H groups in total. The van der Waals surface area contributed by atoms with Gasteiger partial charge in [-0.05, 0) is 17.4 Å². The van der Waals surface area contributed by atoms with Gasteiger partial charge in [0.2, 0.25) is 0 Å². The lowest BCUT2D eigenvalue weighted by Gasteiger charge is -2.22. The zero-order valence-electron chi connectivity index (χ0n) is 10.4. The van der Waals surface area contributed by atoms with Gasteiger partial charge in [0.1, 0.15) is 0 Å². The maximum Gasteiger partial charge on any atom is 0.0635 e. The molecule has 2 aromatic carbocycles. The molecule has 2 heteroatoms. The van der Waals surface area contributed by atoms with E-state index in [9.17, 15) is 5.11 Å². The van der Waals surface area contributed by atoms with Crippen molar-refractivity contribution in [3.05, 3.63) is 42.5 Å². The number of rotatable bonds is 4. The molecule has 0 heterocycles. The van der Waals surface area contributed by atoms with E-state index in [-0.39, 0.29) is 12.6 Å². The molecule has 0 bridgehead atoms. The van der Waals surface area contributed by atoms with Gasteiger partial charge < -0.3 is 10.4 Å². The minimum Gasteiger partial charge on any atom is -0.394 e. The third-order valence-corrected chi connectivity index (χ3v) is 3.13. The summed E-state index contributed by atoms with van der Waals surface area (Å²) in [6.07, 6.45) is 0. The van der Waals surface area contributed by atoms with Crippen LogP contribution in [0.1, 0.15) is 13.8 Å². The molecule has 0 amide bonds. The third-order valence-electron chi connectivity index (χ3n) is 3.13. The highest BCUT2D eigenvalue weighted by molar-refractivity contribution is 5.93. The van der Waals surface area contributed by atoms with Crippen molar-refractivity contribution in [1.29, 1.82) is 0 Å². The molecule has 0 saturated heterocycles. The smallest absolute Gasteiger partial charge is 0.0635 e. The minimum atomic E-state index is 0.0980. The van der Waals surface area contributed by atoms with Gasteiger partial charge in [0.15, 0.2) is 0 Å². The fraction of sp³-hybridized carbons (Fsp3) is 0.333. The molecular weight excluding hydrogens is 210 g/mol. The summed E-state index contributed by atoms with van der Waals surface area (Å²) < 4.78 is 0. The van der Waals surface area contributed by atoms with Gasteiger partial charge >= 0.3 is 0 Å². The van der Waals surface area contributed by atoms with Gasteiger partial charge in [-0.3, -0.25) is 0 Å².